The number of amides is 3. The molecule has 2 saturated heterocycles. The molecule has 2 rings (SSSR count). The van der Waals surface area contributed by atoms with E-state index in [-0.39, 0.29) is 12.1 Å². The van der Waals surface area contributed by atoms with Crippen LogP contribution in [-0.2, 0) is 4.74 Å². The Hall–Kier alpha value is -1.50. The minimum atomic E-state index is -0.490. The van der Waals surface area contributed by atoms with Gasteiger partial charge in [-0.1, -0.05) is 13.8 Å². The molecule has 7 heteroatoms. The van der Waals surface area contributed by atoms with Gasteiger partial charge in [-0.15, -0.1) is 0 Å². The van der Waals surface area contributed by atoms with Crippen molar-refractivity contribution in [3.05, 3.63) is 0 Å². The molecule has 3 amide bonds. The topological polar surface area (TPSA) is 65.1 Å². The number of hydrogen-bond acceptors (Lipinski definition) is 4. The standard InChI is InChI=1S/C21H40N4O3/c1-17-14-18(2)16-23(15-17)9-7-6-8-22-19(26)24-10-12-25(13-11-24)20(27)28-21(3,4)5/h17-18H,6-16H2,1-5H3,(H,22,26). The average molecular weight is 397 g/mol. The molecule has 0 aromatic rings. The Morgan fingerprint density at radius 1 is 0.964 bits per heavy atom. The monoisotopic (exact) mass is 396 g/mol. The van der Waals surface area contributed by atoms with Gasteiger partial charge in [-0.3, -0.25) is 0 Å². The van der Waals surface area contributed by atoms with Crippen LogP contribution in [0.2, 0.25) is 0 Å². The van der Waals surface area contributed by atoms with Gasteiger partial charge in [0.25, 0.3) is 0 Å². The summed E-state index contributed by atoms with van der Waals surface area (Å²) in [5.41, 5.74) is -0.490. The smallest absolute Gasteiger partial charge is 0.410 e. The molecular formula is C21H40N4O3. The van der Waals surface area contributed by atoms with Crippen molar-refractivity contribution in [2.45, 2.75) is 59.5 Å². The number of hydrogen-bond donors (Lipinski definition) is 1. The molecule has 0 aromatic carbocycles. The second kappa shape index (κ2) is 10.3. The molecule has 2 fully saturated rings. The summed E-state index contributed by atoms with van der Waals surface area (Å²) in [5, 5.41) is 3.02. The van der Waals surface area contributed by atoms with Gasteiger partial charge < -0.3 is 24.8 Å². The molecule has 28 heavy (non-hydrogen) atoms. The molecule has 7 nitrogen and oxygen atoms in total. The lowest BCUT2D eigenvalue weighted by Gasteiger charge is -2.35. The maximum atomic E-state index is 12.3. The first kappa shape index (κ1) is 22.8. The molecule has 0 aliphatic carbocycles. The van der Waals surface area contributed by atoms with E-state index in [9.17, 15) is 9.59 Å². The molecular weight excluding hydrogens is 356 g/mol. The zero-order valence-electron chi connectivity index (χ0n) is 18.5. The summed E-state index contributed by atoms with van der Waals surface area (Å²) in [7, 11) is 0. The molecule has 2 heterocycles. The van der Waals surface area contributed by atoms with Crippen molar-refractivity contribution in [2.75, 3.05) is 52.4 Å². The first-order valence-electron chi connectivity index (χ1n) is 10.9. The second-order valence-electron chi connectivity index (χ2n) is 9.60. The summed E-state index contributed by atoms with van der Waals surface area (Å²) in [6.45, 7) is 16.7. The third kappa shape index (κ3) is 7.86. The van der Waals surface area contributed by atoms with E-state index in [1.54, 1.807) is 9.80 Å². The van der Waals surface area contributed by atoms with Crippen molar-refractivity contribution in [3.8, 4) is 0 Å². The van der Waals surface area contributed by atoms with E-state index >= 15 is 0 Å². The van der Waals surface area contributed by atoms with Gasteiger partial charge in [-0.05, 0) is 58.4 Å². The van der Waals surface area contributed by atoms with E-state index < -0.39 is 5.60 Å². The van der Waals surface area contributed by atoms with Gasteiger partial charge in [-0.2, -0.15) is 0 Å². The molecule has 0 bridgehead atoms. The summed E-state index contributed by atoms with van der Waals surface area (Å²) in [6.07, 6.45) is 3.16. The summed E-state index contributed by atoms with van der Waals surface area (Å²) in [5.74, 6) is 1.59. The van der Waals surface area contributed by atoms with Crippen molar-refractivity contribution in [3.63, 3.8) is 0 Å². The van der Waals surface area contributed by atoms with Crippen molar-refractivity contribution in [1.29, 1.82) is 0 Å². The van der Waals surface area contributed by atoms with Crippen LogP contribution in [0.15, 0.2) is 0 Å². The van der Waals surface area contributed by atoms with Crippen LogP contribution in [0, 0.1) is 11.8 Å². The molecule has 162 valence electrons. The minimum absolute atomic E-state index is 0.0240. The molecule has 1 N–H and O–H groups in total. The largest absolute Gasteiger partial charge is 0.444 e. The fourth-order valence-electron chi connectivity index (χ4n) is 4.16. The average Bonchev–Trinajstić information content (AvgIpc) is 2.59. The molecule has 0 aromatic heterocycles. The van der Waals surface area contributed by atoms with Crippen molar-refractivity contribution in [1.82, 2.24) is 20.0 Å². The summed E-state index contributed by atoms with van der Waals surface area (Å²) < 4.78 is 5.39. The number of unbranched alkanes of at least 4 members (excludes halogenated alkanes) is 1. The van der Waals surface area contributed by atoms with Gasteiger partial charge in [0, 0.05) is 45.8 Å². The first-order valence-corrected chi connectivity index (χ1v) is 10.9. The van der Waals surface area contributed by atoms with Crippen LogP contribution in [0.1, 0.15) is 53.9 Å². The Morgan fingerprint density at radius 3 is 2.11 bits per heavy atom. The second-order valence-corrected chi connectivity index (χ2v) is 9.60. The minimum Gasteiger partial charge on any atom is -0.444 e. The number of piperazine rings is 1. The van der Waals surface area contributed by atoms with Crippen LogP contribution in [0.25, 0.3) is 0 Å². The van der Waals surface area contributed by atoms with Crippen molar-refractivity contribution >= 4 is 12.1 Å². The molecule has 2 atom stereocenters. The highest BCUT2D eigenvalue weighted by molar-refractivity contribution is 5.75. The van der Waals surface area contributed by atoms with Crippen molar-refractivity contribution < 1.29 is 14.3 Å². The first-order chi connectivity index (χ1) is 13.1. The lowest BCUT2D eigenvalue weighted by molar-refractivity contribution is 0.0170. The number of likely N-dealkylation sites (tertiary alicyclic amines) is 1. The van der Waals surface area contributed by atoms with Crippen molar-refractivity contribution in [2.24, 2.45) is 11.8 Å². The predicted molar refractivity (Wildman–Crippen MR) is 111 cm³/mol. The maximum absolute atomic E-state index is 12.3. The number of ether oxygens (including phenoxy) is 1. The van der Waals surface area contributed by atoms with Crippen LogP contribution in [0.3, 0.4) is 0 Å². The Bertz CT molecular complexity index is 502. The molecule has 0 saturated carbocycles. The lowest BCUT2D eigenvalue weighted by Crippen LogP contribution is -2.54. The van der Waals surface area contributed by atoms with Crippen LogP contribution in [0.4, 0.5) is 9.59 Å². The Kier molecular flexibility index (Phi) is 8.40. The van der Waals surface area contributed by atoms with Gasteiger partial charge in [0.15, 0.2) is 0 Å². The van der Waals surface area contributed by atoms with E-state index in [0.717, 1.165) is 31.2 Å². The fourth-order valence-corrected chi connectivity index (χ4v) is 4.16. The number of carbonyl (C=O) groups is 2. The highest BCUT2D eigenvalue weighted by Gasteiger charge is 2.27. The number of nitrogens with zero attached hydrogens (tertiary/aromatic N) is 3. The molecule has 2 aliphatic rings. The quantitative estimate of drug-likeness (QED) is 0.726. The Labute approximate surface area is 170 Å². The van der Waals surface area contributed by atoms with E-state index in [1.807, 2.05) is 20.8 Å². The third-order valence-electron chi connectivity index (χ3n) is 5.34. The molecule has 0 radical (unpaired) electrons. The zero-order valence-corrected chi connectivity index (χ0v) is 18.5. The maximum Gasteiger partial charge on any atom is 0.410 e. The summed E-state index contributed by atoms with van der Waals surface area (Å²) >= 11 is 0. The fraction of sp³-hybridized carbons (Fsp3) is 0.905. The molecule has 2 unspecified atom stereocenters. The van der Waals surface area contributed by atoms with E-state index in [2.05, 4.69) is 24.1 Å². The SMILES string of the molecule is CC1CC(C)CN(CCCCNC(=O)N2CCN(C(=O)OC(C)(C)C)CC2)C1. The number of nitrogens with one attached hydrogen (secondary N) is 1. The molecule has 2 aliphatic heterocycles. The van der Waals surface area contributed by atoms with Crippen LogP contribution in [0.5, 0.6) is 0 Å². The highest BCUT2D eigenvalue weighted by Crippen LogP contribution is 2.21. The van der Waals surface area contributed by atoms with Gasteiger partial charge in [0.05, 0.1) is 0 Å². The Morgan fingerprint density at radius 2 is 1.54 bits per heavy atom. The number of rotatable bonds is 5. The van der Waals surface area contributed by atoms with E-state index in [0.29, 0.717) is 32.7 Å². The normalized spacial score (nSPS) is 24.2. The zero-order chi connectivity index (χ0) is 20.7. The predicted octanol–water partition coefficient (Wildman–Crippen LogP) is 3.01. The number of urea groups is 1. The number of carbonyl (C=O) groups excluding carboxylic acids is 2. The number of piperidine rings is 1. The van der Waals surface area contributed by atoms with E-state index in [1.165, 1.54) is 19.5 Å². The van der Waals surface area contributed by atoms with Crippen LogP contribution < -0.4 is 5.32 Å². The van der Waals surface area contributed by atoms with Crippen LogP contribution in [-0.4, -0.2) is 84.8 Å². The Balaban J connectivity index is 1.57. The lowest BCUT2D eigenvalue weighted by atomic mass is 9.92. The summed E-state index contributed by atoms with van der Waals surface area (Å²) in [6, 6.07) is -0.0240. The van der Waals surface area contributed by atoms with Gasteiger partial charge in [0.2, 0.25) is 0 Å². The van der Waals surface area contributed by atoms with Crippen LogP contribution >= 0.6 is 0 Å². The molecule has 0 spiro atoms. The van der Waals surface area contributed by atoms with Gasteiger partial charge in [-0.25, -0.2) is 9.59 Å². The highest BCUT2D eigenvalue weighted by atomic mass is 16.6. The third-order valence-corrected chi connectivity index (χ3v) is 5.34. The van der Waals surface area contributed by atoms with Gasteiger partial charge in [0.1, 0.15) is 5.60 Å². The summed E-state index contributed by atoms with van der Waals surface area (Å²) in [4.78, 5) is 30.4. The van der Waals surface area contributed by atoms with Gasteiger partial charge >= 0.3 is 12.1 Å². The van der Waals surface area contributed by atoms with E-state index in [4.69, 9.17) is 4.74 Å².